The Morgan fingerprint density at radius 3 is 2.09 bits per heavy atom. The van der Waals surface area contributed by atoms with Gasteiger partial charge in [-0.25, -0.2) is 0 Å². The van der Waals surface area contributed by atoms with Crippen LogP contribution in [0.5, 0.6) is 0 Å². The van der Waals surface area contributed by atoms with E-state index >= 15 is 0 Å². The lowest BCUT2D eigenvalue weighted by atomic mass is 9.95. The molecule has 1 aliphatic rings. The third-order valence-corrected chi connectivity index (χ3v) is 3.85. The minimum atomic E-state index is -0.821. The van der Waals surface area contributed by atoms with Crippen LogP contribution < -0.4 is 0 Å². The maximum atomic E-state index is 12.4. The molecule has 23 heavy (non-hydrogen) atoms. The number of hydrogen-bond acceptors (Lipinski definition) is 4. The predicted octanol–water partition coefficient (Wildman–Crippen LogP) is 2.06. The first-order valence-corrected chi connectivity index (χ1v) is 7.14. The smallest absolute Gasteiger partial charge is 0.297 e. The van der Waals surface area contributed by atoms with Crippen molar-refractivity contribution < 1.29 is 19.8 Å². The molecular weight excluding hydrogens is 294 g/mol. The number of nitrogens with zero attached hydrogens (tertiary/aromatic N) is 1. The van der Waals surface area contributed by atoms with Gasteiger partial charge < -0.3 is 15.1 Å². The average molecular weight is 309 g/mol. The number of ketones is 1. The van der Waals surface area contributed by atoms with Crippen LogP contribution >= 0.6 is 0 Å². The first-order chi connectivity index (χ1) is 11.1. The number of amides is 1. The molecule has 1 atom stereocenters. The largest absolute Gasteiger partial charge is 0.507 e. The van der Waals surface area contributed by atoms with Crippen LogP contribution in [0.3, 0.4) is 0 Å². The van der Waals surface area contributed by atoms with Crippen LogP contribution in [0.25, 0.3) is 5.76 Å². The van der Waals surface area contributed by atoms with Crippen LogP contribution in [0.4, 0.5) is 0 Å². The van der Waals surface area contributed by atoms with E-state index in [1.807, 2.05) is 6.07 Å². The fourth-order valence-electron chi connectivity index (χ4n) is 2.76. The van der Waals surface area contributed by atoms with Crippen LogP contribution in [0.1, 0.15) is 17.2 Å². The molecule has 0 aliphatic carbocycles. The highest BCUT2D eigenvalue weighted by molar-refractivity contribution is 6.46. The van der Waals surface area contributed by atoms with E-state index in [0.717, 1.165) is 4.90 Å². The fourth-order valence-corrected chi connectivity index (χ4v) is 2.76. The molecule has 0 aromatic heterocycles. The number of carbonyl (C=O) groups is 2. The second-order valence-corrected chi connectivity index (χ2v) is 5.19. The number of hydrogen-bond donors (Lipinski definition) is 2. The molecule has 0 bridgehead atoms. The standard InChI is InChI=1S/C18H15NO4/c20-11-19-15(12-7-3-1-4-8-12)14(17(22)18(19)23)16(21)13-9-5-2-6-10-13/h1-10,15,20-21H,11H2/b16-14-. The molecule has 116 valence electrons. The van der Waals surface area contributed by atoms with Gasteiger partial charge in [0, 0.05) is 5.56 Å². The first-order valence-electron chi connectivity index (χ1n) is 7.14. The quantitative estimate of drug-likeness (QED) is 0.517. The SMILES string of the molecule is O=C1C(=O)N(CO)C(c2ccccc2)/C1=C(/O)c1ccccc1. The molecule has 1 saturated heterocycles. The monoisotopic (exact) mass is 309 g/mol. The van der Waals surface area contributed by atoms with Gasteiger partial charge in [0.2, 0.25) is 0 Å². The third kappa shape index (κ3) is 2.51. The van der Waals surface area contributed by atoms with E-state index < -0.39 is 24.5 Å². The minimum Gasteiger partial charge on any atom is -0.507 e. The lowest BCUT2D eigenvalue weighted by Crippen LogP contribution is -2.30. The fraction of sp³-hybridized carbons (Fsp3) is 0.111. The Balaban J connectivity index is 2.20. The van der Waals surface area contributed by atoms with Gasteiger partial charge in [0.15, 0.2) is 0 Å². The van der Waals surface area contributed by atoms with Crippen LogP contribution in [0.15, 0.2) is 66.2 Å². The first kappa shape index (κ1) is 15.0. The lowest BCUT2D eigenvalue weighted by Gasteiger charge is -2.22. The van der Waals surface area contributed by atoms with Crippen LogP contribution in [0.2, 0.25) is 0 Å². The van der Waals surface area contributed by atoms with Crippen molar-refractivity contribution in [3.63, 3.8) is 0 Å². The number of rotatable bonds is 3. The highest BCUT2D eigenvalue weighted by Crippen LogP contribution is 2.38. The Morgan fingerprint density at radius 1 is 0.957 bits per heavy atom. The summed E-state index contributed by atoms with van der Waals surface area (Å²) in [6.45, 7) is -0.601. The van der Waals surface area contributed by atoms with Crippen molar-refractivity contribution in [2.75, 3.05) is 6.73 Å². The van der Waals surface area contributed by atoms with Gasteiger partial charge in [-0.15, -0.1) is 0 Å². The number of carbonyl (C=O) groups excluding carboxylic acids is 2. The van der Waals surface area contributed by atoms with Crippen molar-refractivity contribution in [2.45, 2.75) is 6.04 Å². The van der Waals surface area contributed by atoms with Gasteiger partial charge in [-0.05, 0) is 5.56 Å². The summed E-state index contributed by atoms with van der Waals surface area (Å²) in [5, 5.41) is 20.1. The van der Waals surface area contributed by atoms with Crippen molar-refractivity contribution in [1.29, 1.82) is 0 Å². The van der Waals surface area contributed by atoms with Crippen molar-refractivity contribution in [2.24, 2.45) is 0 Å². The van der Waals surface area contributed by atoms with Crippen molar-refractivity contribution in [1.82, 2.24) is 4.90 Å². The van der Waals surface area contributed by atoms with E-state index in [1.54, 1.807) is 54.6 Å². The summed E-state index contributed by atoms with van der Waals surface area (Å²) in [7, 11) is 0. The summed E-state index contributed by atoms with van der Waals surface area (Å²) in [4.78, 5) is 25.5. The Labute approximate surface area is 133 Å². The second kappa shape index (κ2) is 6.06. The van der Waals surface area contributed by atoms with Gasteiger partial charge >= 0.3 is 0 Å². The number of benzene rings is 2. The molecule has 1 aliphatic heterocycles. The number of Topliss-reactive ketones (excluding diaryl/α,β-unsaturated/α-hetero) is 1. The zero-order chi connectivity index (χ0) is 16.4. The van der Waals surface area contributed by atoms with E-state index in [-0.39, 0.29) is 11.3 Å². The maximum absolute atomic E-state index is 12.4. The van der Waals surface area contributed by atoms with Crippen molar-refractivity contribution >= 4 is 17.4 Å². The Hall–Kier alpha value is -2.92. The molecule has 0 spiro atoms. The maximum Gasteiger partial charge on any atom is 0.297 e. The van der Waals surface area contributed by atoms with Gasteiger partial charge in [-0.3, -0.25) is 9.59 Å². The Kier molecular flexibility index (Phi) is 3.95. The van der Waals surface area contributed by atoms with Gasteiger partial charge in [-0.1, -0.05) is 60.7 Å². The zero-order valence-electron chi connectivity index (χ0n) is 12.2. The molecule has 2 aromatic rings. The molecule has 0 radical (unpaired) electrons. The zero-order valence-corrected chi connectivity index (χ0v) is 12.2. The van der Waals surface area contributed by atoms with Gasteiger partial charge in [0.05, 0.1) is 11.6 Å². The molecular formula is C18H15NO4. The minimum absolute atomic E-state index is 0.0125. The average Bonchev–Trinajstić information content (AvgIpc) is 2.87. The van der Waals surface area contributed by atoms with E-state index in [1.165, 1.54) is 0 Å². The summed E-state index contributed by atoms with van der Waals surface area (Å²) in [6.07, 6.45) is 0. The molecule has 2 aromatic carbocycles. The molecule has 5 nitrogen and oxygen atoms in total. The predicted molar refractivity (Wildman–Crippen MR) is 84.1 cm³/mol. The summed E-state index contributed by atoms with van der Waals surface area (Å²) < 4.78 is 0. The summed E-state index contributed by atoms with van der Waals surface area (Å²) in [5.41, 5.74) is 1.09. The molecule has 1 amide bonds. The van der Waals surface area contributed by atoms with Crippen molar-refractivity contribution in [3.05, 3.63) is 77.4 Å². The van der Waals surface area contributed by atoms with E-state index in [9.17, 15) is 19.8 Å². The highest BCUT2D eigenvalue weighted by atomic mass is 16.3. The summed E-state index contributed by atoms with van der Waals surface area (Å²) >= 11 is 0. The second-order valence-electron chi connectivity index (χ2n) is 5.19. The lowest BCUT2D eigenvalue weighted by molar-refractivity contribution is -0.142. The Bertz CT molecular complexity index is 768. The van der Waals surface area contributed by atoms with E-state index in [4.69, 9.17) is 0 Å². The third-order valence-electron chi connectivity index (χ3n) is 3.85. The summed E-state index contributed by atoms with van der Waals surface area (Å²) in [5.74, 6) is -1.86. The van der Waals surface area contributed by atoms with Gasteiger partial charge in [0.25, 0.3) is 11.7 Å². The topological polar surface area (TPSA) is 77.8 Å². The summed E-state index contributed by atoms with van der Waals surface area (Å²) in [6, 6.07) is 16.6. The van der Waals surface area contributed by atoms with Crippen LogP contribution in [-0.4, -0.2) is 33.5 Å². The molecule has 0 saturated carbocycles. The number of aliphatic hydroxyl groups is 2. The molecule has 3 rings (SSSR count). The van der Waals surface area contributed by atoms with Gasteiger partial charge in [-0.2, -0.15) is 0 Å². The Morgan fingerprint density at radius 2 is 1.52 bits per heavy atom. The molecule has 5 heteroatoms. The number of likely N-dealkylation sites (tertiary alicyclic amines) is 1. The normalized spacial score (nSPS) is 20.0. The molecule has 1 heterocycles. The molecule has 1 fully saturated rings. The number of aliphatic hydroxyl groups excluding tert-OH is 2. The van der Waals surface area contributed by atoms with Crippen molar-refractivity contribution in [3.8, 4) is 0 Å². The van der Waals surface area contributed by atoms with E-state index in [0.29, 0.717) is 11.1 Å². The van der Waals surface area contributed by atoms with Crippen LogP contribution in [-0.2, 0) is 9.59 Å². The molecule has 1 unspecified atom stereocenters. The molecule has 2 N–H and O–H groups in total. The highest BCUT2D eigenvalue weighted by Gasteiger charge is 2.45. The van der Waals surface area contributed by atoms with E-state index in [2.05, 4.69) is 0 Å². The van der Waals surface area contributed by atoms with Gasteiger partial charge in [0.1, 0.15) is 12.5 Å². The van der Waals surface area contributed by atoms with Crippen LogP contribution in [0, 0.1) is 0 Å².